The summed E-state index contributed by atoms with van der Waals surface area (Å²) in [6.45, 7) is 2.89. The minimum absolute atomic E-state index is 0.0331. The molecule has 0 bridgehead atoms. The fourth-order valence-corrected chi connectivity index (χ4v) is 3.75. The first-order valence-electron chi connectivity index (χ1n) is 7.46. The Labute approximate surface area is 130 Å². The number of halogens is 3. The van der Waals surface area contributed by atoms with E-state index in [4.69, 9.17) is 23.2 Å². The van der Waals surface area contributed by atoms with Crippen molar-refractivity contribution in [2.75, 3.05) is 6.54 Å². The average molecular weight is 318 g/mol. The minimum atomic E-state index is -0.411. The van der Waals surface area contributed by atoms with E-state index in [1.54, 1.807) is 6.07 Å². The third kappa shape index (κ3) is 4.09. The fraction of sp³-hybridized carbons (Fsp3) is 0.625. The van der Waals surface area contributed by atoms with Crippen molar-refractivity contribution in [2.45, 2.75) is 51.5 Å². The predicted octanol–water partition coefficient (Wildman–Crippen LogP) is 5.75. The molecular weight excluding hydrogens is 296 g/mol. The summed E-state index contributed by atoms with van der Waals surface area (Å²) in [5.74, 6) is 0.499. The maximum absolute atomic E-state index is 13.5. The Morgan fingerprint density at radius 2 is 2.00 bits per heavy atom. The second kappa shape index (κ2) is 7.63. The first-order chi connectivity index (χ1) is 9.59. The summed E-state index contributed by atoms with van der Waals surface area (Å²) in [4.78, 5) is 0. The molecule has 0 spiro atoms. The van der Waals surface area contributed by atoms with Gasteiger partial charge in [-0.25, -0.2) is 4.39 Å². The first-order valence-corrected chi connectivity index (χ1v) is 8.22. The zero-order valence-electron chi connectivity index (χ0n) is 11.9. The lowest BCUT2D eigenvalue weighted by Gasteiger charge is -2.18. The highest BCUT2D eigenvalue weighted by molar-refractivity contribution is 6.36. The standard InChI is InChI=1S/C16H22Cl2FN/c1-11(15-13(17)8-9-14(19)16(15)18)20-10-4-7-12-5-2-3-6-12/h8-9,11-12,20H,2-7,10H2,1H3. The number of benzene rings is 1. The van der Waals surface area contributed by atoms with Crippen molar-refractivity contribution in [1.29, 1.82) is 0 Å². The molecule has 1 aromatic rings. The van der Waals surface area contributed by atoms with Crippen LogP contribution in [0, 0.1) is 11.7 Å². The Morgan fingerprint density at radius 3 is 2.70 bits per heavy atom. The summed E-state index contributed by atoms with van der Waals surface area (Å²) in [7, 11) is 0. The van der Waals surface area contributed by atoms with Crippen LogP contribution in [-0.2, 0) is 0 Å². The van der Waals surface area contributed by atoms with Crippen LogP contribution in [0.2, 0.25) is 10.0 Å². The number of nitrogens with one attached hydrogen (secondary N) is 1. The molecule has 1 N–H and O–H groups in total. The van der Waals surface area contributed by atoms with Crippen LogP contribution in [0.1, 0.15) is 57.1 Å². The predicted molar refractivity (Wildman–Crippen MR) is 84.0 cm³/mol. The van der Waals surface area contributed by atoms with Crippen LogP contribution < -0.4 is 5.32 Å². The monoisotopic (exact) mass is 317 g/mol. The van der Waals surface area contributed by atoms with Gasteiger partial charge in [-0.1, -0.05) is 48.9 Å². The Kier molecular flexibility index (Phi) is 6.13. The van der Waals surface area contributed by atoms with E-state index in [2.05, 4.69) is 5.32 Å². The van der Waals surface area contributed by atoms with Gasteiger partial charge in [-0.3, -0.25) is 0 Å². The van der Waals surface area contributed by atoms with E-state index in [1.165, 1.54) is 38.2 Å². The molecule has 1 aromatic carbocycles. The zero-order valence-corrected chi connectivity index (χ0v) is 13.4. The molecule has 1 atom stereocenters. The van der Waals surface area contributed by atoms with Crippen molar-refractivity contribution >= 4 is 23.2 Å². The summed E-state index contributed by atoms with van der Waals surface area (Å²) in [5.41, 5.74) is 0.661. The van der Waals surface area contributed by atoms with Crippen LogP contribution in [0.15, 0.2) is 12.1 Å². The molecule has 1 unspecified atom stereocenters. The molecule has 112 valence electrons. The van der Waals surface area contributed by atoms with Crippen molar-refractivity contribution in [2.24, 2.45) is 5.92 Å². The number of rotatable bonds is 6. The lowest BCUT2D eigenvalue weighted by molar-refractivity contribution is 0.456. The number of hydrogen-bond donors (Lipinski definition) is 1. The Balaban J connectivity index is 1.82. The minimum Gasteiger partial charge on any atom is -0.310 e. The summed E-state index contributed by atoms with van der Waals surface area (Å²) in [5, 5.41) is 4.05. The molecule has 1 nitrogen and oxygen atoms in total. The molecule has 2 rings (SSSR count). The van der Waals surface area contributed by atoms with Gasteiger partial charge in [0.15, 0.2) is 0 Å². The van der Waals surface area contributed by atoms with Gasteiger partial charge in [0.05, 0.1) is 5.02 Å². The van der Waals surface area contributed by atoms with E-state index in [-0.39, 0.29) is 11.1 Å². The van der Waals surface area contributed by atoms with Gasteiger partial charge in [-0.2, -0.15) is 0 Å². The van der Waals surface area contributed by atoms with Crippen molar-refractivity contribution in [3.05, 3.63) is 33.6 Å². The highest BCUT2D eigenvalue weighted by Gasteiger charge is 2.17. The average Bonchev–Trinajstić information content (AvgIpc) is 2.93. The lowest BCUT2D eigenvalue weighted by Crippen LogP contribution is -2.21. The van der Waals surface area contributed by atoms with Gasteiger partial charge < -0.3 is 5.32 Å². The van der Waals surface area contributed by atoms with Crippen LogP contribution in [0.3, 0.4) is 0 Å². The van der Waals surface area contributed by atoms with Crippen molar-refractivity contribution in [3.63, 3.8) is 0 Å². The SMILES string of the molecule is CC(NCCCC1CCCC1)c1c(Cl)ccc(F)c1Cl. The maximum atomic E-state index is 13.5. The summed E-state index contributed by atoms with van der Waals surface area (Å²) in [6, 6.07) is 2.84. The van der Waals surface area contributed by atoms with Gasteiger partial charge in [0.2, 0.25) is 0 Å². The van der Waals surface area contributed by atoms with Crippen LogP contribution in [0.25, 0.3) is 0 Å². The fourth-order valence-electron chi connectivity index (χ4n) is 3.05. The first kappa shape index (κ1) is 16.1. The molecular formula is C16H22Cl2FN. The Hall–Kier alpha value is -0.310. The van der Waals surface area contributed by atoms with Crippen molar-refractivity contribution < 1.29 is 4.39 Å². The van der Waals surface area contributed by atoms with E-state index in [0.717, 1.165) is 18.9 Å². The van der Waals surface area contributed by atoms with Crippen molar-refractivity contribution in [3.8, 4) is 0 Å². The smallest absolute Gasteiger partial charge is 0.142 e. The van der Waals surface area contributed by atoms with E-state index < -0.39 is 5.82 Å². The van der Waals surface area contributed by atoms with E-state index in [0.29, 0.717) is 10.6 Å². The quantitative estimate of drug-likeness (QED) is 0.520. The van der Waals surface area contributed by atoms with Gasteiger partial charge in [-0.15, -0.1) is 0 Å². The van der Waals surface area contributed by atoms with Gasteiger partial charge in [0.25, 0.3) is 0 Å². The molecule has 0 radical (unpaired) electrons. The van der Waals surface area contributed by atoms with Crippen molar-refractivity contribution in [1.82, 2.24) is 5.32 Å². The molecule has 20 heavy (non-hydrogen) atoms. The van der Waals surface area contributed by atoms with Crippen LogP contribution in [0.4, 0.5) is 4.39 Å². The normalized spacial score (nSPS) is 17.6. The lowest BCUT2D eigenvalue weighted by atomic mass is 10.0. The molecule has 1 aliphatic carbocycles. The molecule has 1 aliphatic rings. The highest BCUT2D eigenvalue weighted by atomic mass is 35.5. The van der Waals surface area contributed by atoms with Crippen LogP contribution >= 0.6 is 23.2 Å². The summed E-state index contributed by atoms with van der Waals surface area (Å²) < 4.78 is 13.5. The molecule has 0 aliphatic heterocycles. The van der Waals surface area contributed by atoms with Crippen LogP contribution in [-0.4, -0.2) is 6.54 Å². The summed E-state index contributed by atoms with van der Waals surface area (Å²) >= 11 is 12.1. The van der Waals surface area contributed by atoms with Gasteiger partial charge >= 0.3 is 0 Å². The van der Waals surface area contributed by atoms with Gasteiger partial charge in [0.1, 0.15) is 5.82 Å². The molecule has 0 saturated heterocycles. The Morgan fingerprint density at radius 1 is 1.30 bits per heavy atom. The molecule has 4 heteroatoms. The molecule has 0 aromatic heterocycles. The second-order valence-electron chi connectivity index (χ2n) is 5.73. The molecule has 0 amide bonds. The maximum Gasteiger partial charge on any atom is 0.142 e. The third-order valence-electron chi connectivity index (χ3n) is 4.23. The Bertz CT molecular complexity index is 444. The highest BCUT2D eigenvalue weighted by Crippen LogP contribution is 2.32. The molecule has 1 saturated carbocycles. The topological polar surface area (TPSA) is 12.0 Å². The number of hydrogen-bond acceptors (Lipinski definition) is 1. The molecule has 0 heterocycles. The van der Waals surface area contributed by atoms with Gasteiger partial charge in [-0.05, 0) is 44.4 Å². The third-order valence-corrected chi connectivity index (χ3v) is 4.94. The second-order valence-corrected chi connectivity index (χ2v) is 6.51. The van der Waals surface area contributed by atoms with Gasteiger partial charge in [0, 0.05) is 16.6 Å². The zero-order chi connectivity index (χ0) is 14.5. The van der Waals surface area contributed by atoms with E-state index in [9.17, 15) is 4.39 Å². The van der Waals surface area contributed by atoms with E-state index in [1.807, 2.05) is 6.92 Å². The van der Waals surface area contributed by atoms with Crippen LogP contribution in [0.5, 0.6) is 0 Å². The largest absolute Gasteiger partial charge is 0.310 e. The molecule has 1 fully saturated rings. The summed E-state index contributed by atoms with van der Waals surface area (Å²) in [6.07, 6.45) is 7.99. The van der Waals surface area contributed by atoms with E-state index >= 15 is 0 Å².